The number of halogens is 1. The van der Waals surface area contributed by atoms with Crippen LogP contribution in [0.2, 0.25) is 5.02 Å². The summed E-state index contributed by atoms with van der Waals surface area (Å²) < 4.78 is 0. The summed E-state index contributed by atoms with van der Waals surface area (Å²) in [5.74, 6) is 0. The molecule has 0 heterocycles. The van der Waals surface area contributed by atoms with Crippen molar-refractivity contribution in [2.45, 2.75) is 33.2 Å². The molecule has 1 aromatic carbocycles. The maximum absolute atomic E-state index is 5.97. The summed E-state index contributed by atoms with van der Waals surface area (Å²) in [6.07, 6.45) is 0. The van der Waals surface area contributed by atoms with Crippen LogP contribution in [0.15, 0.2) is 18.2 Å². The molecule has 0 radical (unpaired) electrons. The number of hydrogen-bond acceptors (Lipinski definition) is 2. The van der Waals surface area contributed by atoms with Gasteiger partial charge in [-0.3, -0.25) is 0 Å². The molecule has 0 aliphatic heterocycles. The van der Waals surface area contributed by atoms with E-state index in [0.29, 0.717) is 0 Å². The SMILES string of the molecule is Cc1cc(NN(C)C(C)(C)C)ccc1Cl. The van der Waals surface area contributed by atoms with Crippen LogP contribution in [-0.2, 0) is 0 Å². The summed E-state index contributed by atoms with van der Waals surface area (Å²) in [5, 5.41) is 2.88. The van der Waals surface area contributed by atoms with Crippen LogP contribution in [-0.4, -0.2) is 17.6 Å². The van der Waals surface area contributed by atoms with Gasteiger partial charge in [-0.15, -0.1) is 0 Å². The standard InChI is InChI=1S/C12H19ClN2/c1-9-8-10(6-7-11(9)13)14-15(5)12(2,3)4/h6-8,14H,1-5H3. The quantitative estimate of drug-likeness (QED) is 0.774. The van der Waals surface area contributed by atoms with Crippen LogP contribution in [0.25, 0.3) is 0 Å². The Morgan fingerprint density at radius 3 is 2.33 bits per heavy atom. The van der Waals surface area contributed by atoms with E-state index in [-0.39, 0.29) is 5.54 Å². The van der Waals surface area contributed by atoms with E-state index in [2.05, 4.69) is 31.2 Å². The lowest BCUT2D eigenvalue weighted by molar-refractivity contribution is 0.216. The van der Waals surface area contributed by atoms with Crippen molar-refractivity contribution in [3.05, 3.63) is 28.8 Å². The average Bonchev–Trinajstić information content (AvgIpc) is 2.10. The minimum Gasteiger partial charge on any atom is -0.319 e. The van der Waals surface area contributed by atoms with Crippen molar-refractivity contribution < 1.29 is 0 Å². The molecule has 3 heteroatoms. The van der Waals surface area contributed by atoms with E-state index in [1.807, 2.05) is 32.2 Å². The first kappa shape index (κ1) is 12.3. The van der Waals surface area contributed by atoms with Crippen LogP contribution in [0.4, 0.5) is 5.69 Å². The van der Waals surface area contributed by atoms with Crippen molar-refractivity contribution in [3.8, 4) is 0 Å². The Kier molecular flexibility index (Phi) is 3.63. The van der Waals surface area contributed by atoms with E-state index < -0.39 is 0 Å². The minimum atomic E-state index is 0.0908. The first-order valence-corrected chi connectivity index (χ1v) is 5.45. The number of hydrazine groups is 1. The number of rotatable bonds is 2. The molecule has 0 saturated carbocycles. The Bertz CT molecular complexity index is 342. The van der Waals surface area contributed by atoms with Gasteiger partial charge in [0.25, 0.3) is 0 Å². The second kappa shape index (κ2) is 4.42. The van der Waals surface area contributed by atoms with Crippen LogP contribution in [0.5, 0.6) is 0 Å². The number of anilines is 1. The predicted octanol–water partition coefficient (Wildman–Crippen LogP) is 3.71. The molecule has 0 fully saturated rings. The van der Waals surface area contributed by atoms with Crippen molar-refractivity contribution in [2.75, 3.05) is 12.5 Å². The van der Waals surface area contributed by atoms with Crippen LogP contribution in [0.1, 0.15) is 26.3 Å². The van der Waals surface area contributed by atoms with E-state index in [1.54, 1.807) is 0 Å². The Hall–Kier alpha value is -0.730. The zero-order valence-electron chi connectivity index (χ0n) is 10.1. The van der Waals surface area contributed by atoms with Crippen LogP contribution < -0.4 is 5.43 Å². The third-order valence-electron chi connectivity index (χ3n) is 2.46. The van der Waals surface area contributed by atoms with Gasteiger partial charge in [-0.05, 0) is 51.5 Å². The molecule has 0 saturated heterocycles. The molecule has 0 unspecified atom stereocenters. The average molecular weight is 227 g/mol. The fraction of sp³-hybridized carbons (Fsp3) is 0.500. The maximum atomic E-state index is 5.97. The Labute approximate surface area is 97.2 Å². The van der Waals surface area contributed by atoms with Gasteiger partial charge < -0.3 is 5.43 Å². The lowest BCUT2D eigenvalue weighted by Gasteiger charge is -2.32. The molecule has 2 nitrogen and oxygen atoms in total. The summed E-state index contributed by atoms with van der Waals surface area (Å²) in [4.78, 5) is 0. The Morgan fingerprint density at radius 2 is 1.87 bits per heavy atom. The number of nitrogens with one attached hydrogen (secondary N) is 1. The van der Waals surface area contributed by atoms with E-state index in [1.165, 1.54) is 0 Å². The van der Waals surface area contributed by atoms with Gasteiger partial charge in [0, 0.05) is 23.3 Å². The lowest BCUT2D eigenvalue weighted by atomic mass is 10.1. The van der Waals surface area contributed by atoms with Gasteiger partial charge in [0.15, 0.2) is 0 Å². The molecule has 84 valence electrons. The molecular formula is C12H19ClN2. The van der Waals surface area contributed by atoms with Crippen molar-refractivity contribution in [2.24, 2.45) is 0 Å². The summed E-state index contributed by atoms with van der Waals surface area (Å²) in [5.41, 5.74) is 5.57. The van der Waals surface area contributed by atoms with E-state index >= 15 is 0 Å². The second-order valence-electron chi connectivity index (χ2n) is 4.81. The van der Waals surface area contributed by atoms with Gasteiger partial charge in [0.2, 0.25) is 0 Å². The molecule has 0 amide bonds. The zero-order chi connectivity index (χ0) is 11.6. The highest BCUT2D eigenvalue weighted by molar-refractivity contribution is 6.31. The van der Waals surface area contributed by atoms with Crippen LogP contribution in [0.3, 0.4) is 0 Å². The molecule has 0 bridgehead atoms. The number of nitrogens with zero attached hydrogens (tertiary/aromatic N) is 1. The van der Waals surface area contributed by atoms with Crippen molar-refractivity contribution in [3.63, 3.8) is 0 Å². The Balaban J connectivity index is 2.78. The molecule has 1 aromatic rings. The topological polar surface area (TPSA) is 15.3 Å². The zero-order valence-corrected chi connectivity index (χ0v) is 10.8. The summed E-state index contributed by atoms with van der Waals surface area (Å²) in [6.45, 7) is 8.47. The van der Waals surface area contributed by atoms with Gasteiger partial charge in [0.05, 0.1) is 0 Å². The first-order chi connectivity index (χ1) is 6.80. The second-order valence-corrected chi connectivity index (χ2v) is 5.21. The van der Waals surface area contributed by atoms with Gasteiger partial charge in [-0.1, -0.05) is 11.6 Å². The van der Waals surface area contributed by atoms with E-state index in [4.69, 9.17) is 11.6 Å². The third kappa shape index (κ3) is 3.40. The van der Waals surface area contributed by atoms with Gasteiger partial charge in [-0.25, -0.2) is 5.01 Å². The van der Waals surface area contributed by atoms with Gasteiger partial charge in [0.1, 0.15) is 0 Å². The largest absolute Gasteiger partial charge is 0.319 e. The molecule has 0 atom stereocenters. The molecule has 0 aliphatic rings. The maximum Gasteiger partial charge on any atom is 0.0493 e. The molecule has 0 aromatic heterocycles. The lowest BCUT2D eigenvalue weighted by Crippen LogP contribution is -2.42. The molecule has 15 heavy (non-hydrogen) atoms. The molecule has 1 rings (SSSR count). The highest BCUT2D eigenvalue weighted by Gasteiger charge is 2.16. The van der Waals surface area contributed by atoms with Crippen molar-refractivity contribution >= 4 is 17.3 Å². The minimum absolute atomic E-state index is 0.0908. The molecule has 0 spiro atoms. The van der Waals surface area contributed by atoms with E-state index in [0.717, 1.165) is 16.3 Å². The molecular weight excluding hydrogens is 208 g/mol. The number of hydrogen-bond donors (Lipinski definition) is 1. The van der Waals surface area contributed by atoms with Crippen molar-refractivity contribution in [1.82, 2.24) is 5.01 Å². The van der Waals surface area contributed by atoms with Crippen LogP contribution in [0, 0.1) is 6.92 Å². The molecule has 0 aliphatic carbocycles. The highest BCUT2D eigenvalue weighted by Crippen LogP contribution is 2.21. The highest BCUT2D eigenvalue weighted by atomic mass is 35.5. The summed E-state index contributed by atoms with van der Waals surface area (Å²) in [6, 6.07) is 5.94. The summed E-state index contributed by atoms with van der Waals surface area (Å²) >= 11 is 5.97. The first-order valence-electron chi connectivity index (χ1n) is 5.07. The predicted molar refractivity (Wildman–Crippen MR) is 67.3 cm³/mol. The Morgan fingerprint density at radius 1 is 1.27 bits per heavy atom. The number of aryl methyl sites for hydroxylation is 1. The monoisotopic (exact) mass is 226 g/mol. The number of benzene rings is 1. The smallest absolute Gasteiger partial charge is 0.0493 e. The fourth-order valence-electron chi connectivity index (χ4n) is 1.08. The van der Waals surface area contributed by atoms with Gasteiger partial charge >= 0.3 is 0 Å². The van der Waals surface area contributed by atoms with E-state index in [9.17, 15) is 0 Å². The molecule has 1 N–H and O–H groups in total. The summed E-state index contributed by atoms with van der Waals surface area (Å²) in [7, 11) is 2.03. The fourth-order valence-corrected chi connectivity index (χ4v) is 1.19. The third-order valence-corrected chi connectivity index (χ3v) is 2.89. The van der Waals surface area contributed by atoms with Gasteiger partial charge in [-0.2, -0.15) is 0 Å². The normalized spacial score (nSPS) is 11.9. The van der Waals surface area contributed by atoms with Crippen molar-refractivity contribution in [1.29, 1.82) is 0 Å². The van der Waals surface area contributed by atoms with Crippen LogP contribution >= 0.6 is 11.6 Å².